The lowest BCUT2D eigenvalue weighted by Crippen LogP contribution is -2.46. The van der Waals surface area contributed by atoms with Crippen LogP contribution in [0.2, 0.25) is 0 Å². The number of alkyl halides is 1. The highest BCUT2D eigenvalue weighted by Crippen LogP contribution is 2.48. The molecule has 1 saturated heterocycles. The molecule has 4 heteroatoms. The predicted molar refractivity (Wildman–Crippen MR) is 68.2 cm³/mol. The molecule has 1 amide bonds. The molecule has 0 N–H and O–H groups in total. The Labute approximate surface area is 109 Å². The number of amides is 1. The average Bonchev–Trinajstić information content (AvgIpc) is 2.59. The molecule has 0 unspecified atom stereocenters. The van der Waals surface area contributed by atoms with Crippen LogP contribution in [0.15, 0.2) is 0 Å². The molecule has 3 nitrogen and oxygen atoms in total. The summed E-state index contributed by atoms with van der Waals surface area (Å²) in [4.78, 5) is 13.6. The van der Waals surface area contributed by atoms with Crippen LogP contribution in [0.4, 0.5) is 9.18 Å². The Bertz CT molecular complexity index is 316. The number of nitrogens with zero attached hydrogens (tertiary/aromatic N) is 1. The standard InChI is InChI=1S/C14H24FNO2/c1-13(2,3)18-12(17)16-9-7-14(8-10-16)6-4-5-11(14)15/h11H,4-10H2,1-3H3/t11-/m0/s1. The first kappa shape index (κ1) is 13.6. The van der Waals surface area contributed by atoms with Gasteiger partial charge in [0.05, 0.1) is 0 Å². The molecule has 1 aliphatic heterocycles. The third-order valence-corrected chi connectivity index (χ3v) is 4.21. The number of ether oxygens (including phenoxy) is 1. The summed E-state index contributed by atoms with van der Waals surface area (Å²) in [6.45, 7) is 6.87. The van der Waals surface area contributed by atoms with Crippen molar-refractivity contribution in [2.45, 2.75) is 64.6 Å². The second-order valence-corrected chi connectivity index (χ2v) is 6.69. The van der Waals surface area contributed by atoms with Crippen LogP contribution in [0.5, 0.6) is 0 Å². The number of carbonyl (C=O) groups is 1. The summed E-state index contributed by atoms with van der Waals surface area (Å²) in [5.74, 6) is 0. The quantitative estimate of drug-likeness (QED) is 0.664. The zero-order chi connectivity index (χ0) is 13.4. The van der Waals surface area contributed by atoms with Crippen molar-refractivity contribution in [3.63, 3.8) is 0 Å². The van der Waals surface area contributed by atoms with Crippen LogP contribution >= 0.6 is 0 Å². The Morgan fingerprint density at radius 1 is 1.28 bits per heavy atom. The fourth-order valence-corrected chi connectivity index (χ4v) is 3.12. The summed E-state index contributed by atoms with van der Waals surface area (Å²) in [5, 5.41) is 0. The van der Waals surface area contributed by atoms with E-state index in [-0.39, 0.29) is 11.5 Å². The van der Waals surface area contributed by atoms with Gasteiger partial charge in [-0.2, -0.15) is 0 Å². The van der Waals surface area contributed by atoms with Crippen LogP contribution in [0, 0.1) is 5.41 Å². The minimum Gasteiger partial charge on any atom is -0.444 e. The van der Waals surface area contributed by atoms with Gasteiger partial charge in [-0.25, -0.2) is 9.18 Å². The molecule has 1 atom stereocenters. The molecule has 0 bridgehead atoms. The monoisotopic (exact) mass is 257 g/mol. The first-order valence-corrected chi connectivity index (χ1v) is 6.94. The van der Waals surface area contributed by atoms with E-state index in [1.54, 1.807) is 4.90 Å². The van der Waals surface area contributed by atoms with E-state index in [0.717, 1.165) is 25.7 Å². The summed E-state index contributed by atoms with van der Waals surface area (Å²) >= 11 is 0. The Morgan fingerprint density at radius 3 is 2.33 bits per heavy atom. The predicted octanol–water partition coefficient (Wildman–Crippen LogP) is 3.53. The zero-order valence-electron chi connectivity index (χ0n) is 11.7. The van der Waals surface area contributed by atoms with E-state index in [1.165, 1.54) is 0 Å². The van der Waals surface area contributed by atoms with Crippen LogP contribution in [0.3, 0.4) is 0 Å². The van der Waals surface area contributed by atoms with Crippen molar-refractivity contribution in [3.8, 4) is 0 Å². The maximum Gasteiger partial charge on any atom is 0.410 e. The molecular weight excluding hydrogens is 233 g/mol. The second-order valence-electron chi connectivity index (χ2n) is 6.69. The molecule has 1 spiro atoms. The number of hydrogen-bond acceptors (Lipinski definition) is 2. The number of likely N-dealkylation sites (tertiary alicyclic amines) is 1. The zero-order valence-corrected chi connectivity index (χ0v) is 11.7. The molecule has 1 heterocycles. The summed E-state index contributed by atoms with van der Waals surface area (Å²) < 4.78 is 19.3. The summed E-state index contributed by atoms with van der Waals surface area (Å²) in [5.41, 5.74) is -0.597. The normalized spacial score (nSPS) is 27.6. The van der Waals surface area contributed by atoms with Gasteiger partial charge in [0.2, 0.25) is 0 Å². The lowest BCUT2D eigenvalue weighted by Gasteiger charge is -2.40. The van der Waals surface area contributed by atoms with Crippen LogP contribution < -0.4 is 0 Å². The molecule has 1 saturated carbocycles. The number of rotatable bonds is 0. The minimum atomic E-state index is -0.668. The van der Waals surface area contributed by atoms with Crippen LogP contribution in [-0.2, 0) is 4.74 Å². The molecule has 0 aromatic heterocycles. The van der Waals surface area contributed by atoms with Crippen molar-refractivity contribution in [2.75, 3.05) is 13.1 Å². The largest absolute Gasteiger partial charge is 0.444 e. The Kier molecular flexibility index (Phi) is 3.56. The fourth-order valence-electron chi connectivity index (χ4n) is 3.12. The molecule has 18 heavy (non-hydrogen) atoms. The molecule has 2 aliphatic rings. The lowest BCUT2D eigenvalue weighted by molar-refractivity contribution is 0.0000689. The fraction of sp³-hybridized carbons (Fsp3) is 0.929. The third-order valence-electron chi connectivity index (χ3n) is 4.21. The van der Waals surface area contributed by atoms with Crippen molar-refractivity contribution >= 4 is 6.09 Å². The Balaban J connectivity index is 1.89. The van der Waals surface area contributed by atoms with Gasteiger partial charge < -0.3 is 9.64 Å². The Hall–Kier alpha value is -0.800. The van der Waals surface area contributed by atoms with E-state index >= 15 is 0 Å². The van der Waals surface area contributed by atoms with Crippen molar-refractivity contribution < 1.29 is 13.9 Å². The van der Waals surface area contributed by atoms with Gasteiger partial charge in [-0.05, 0) is 52.9 Å². The molecular formula is C14H24FNO2. The van der Waals surface area contributed by atoms with E-state index in [1.807, 2.05) is 20.8 Å². The van der Waals surface area contributed by atoms with E-state index < -0.39 is 11.8 Å². The van der Waals surface area contributed by atoms with Gasteiger partial charge in [0.25, 0.3) is 0 Å². The smallest absolute Gasteiger partial charge is 0.410 e. The van der Waals surface area contributed by atoms with Crippen molar-refractivity contribution in [3.05, 3.63) is 0 Å². The van der Waals surface area contributed by atoms with Gasteiger partial charge in [0.15, 0.2) is 0 Å². The van der Waals surface area contributed by atoms with Crippen LogP contribution in [0.1, 0.15) is 52.9 Å². The third kappa shape index (κ3) is 2.78. The van der Waals surface area contributed by atoms with Gasteiger partial charge in [-0.3, -0.25) is 0 Å². The number of piperidine rings is 1. The molecule has 1 aliphatic carbocycles. The van der Waals surface area contributed by atoms with Crippen molar-refractivity contribution in [1.29, 1.82) is 0 Å². The molecule has 0 radical (unpaired) electrons. The average molecular weight is 257 g/mol. The van der Waals surface area contributed by atoms with Gasteiger partial charge in [-0.1, -0.05) is 0 Å². The van der Waals surface area contributed by atoms with Gasteiger partial charge in [0.1, 0.15) is 11.8 Å². The van der Waals surface area contributed by atoms with Gasteiger partial charge >= 0.3 is 6.09 Å². The topological polar surface area (TPSA) is 29.5 Å². The van der Waals surface area contributed by atoms with Gasteiger partial charge in [-0.15, -0.1) is 0 Å². The highest BCUT2D eigenvalue weighted by atomic mass is 19.1. The van der Waals surface area contributed by atoms with Crippen molar-refractivity contribution in [2.24, 2.45) is 5.41 Å². The SMILES string of the molecule is CC(C)(C)OC(=O)N1CCC2(CCC[C@@H]2F)CC1. The first-order valence-electron chi connectivity index (χ1n) is 6.94. The maximum absolute atomic E-state index is 13.9. The van der Waals surface area contributed by atoms with E-state index in [0.29, 0.717) is 19.5 Å². The van der Waals surface area contributed by atoms with Crippen LogP contribution in [0.25, 0.3) is 0 Å². The number of halogens is 1. The molecule has 104 valence electrons. The number of hydrogen-bond donors (Lipinski definition) is 0. The highest BCUT2D eigenvalue weighted by Gasteiger charge is 2.46. The minimum absolute atomic E-state index is 0.140. The first-order chi connectivity index (χ1) is 8.32. The van der Waals surface area contributed by atoms with E-state index in [4.69, 9.17) is 4.74 Å². The van der Waals surface area contributed by atoms with Crippen molar-refractivity contribution in [1.82, 2.24) is 4.90 Å². The van der Waals surface area contributed by atoms with Gasteiger partial charge in [0, 0.05) is 18.5 Å². The summed E-state index contributed by atoms with van der Waals surface area (Å²) in [6.07, 6.45) is 3.32. The second kappa shape index (κ2) is 4.71. The number of carbonyl (C=O) groups excluding carboxylic acids is 1. The Morgan fingerprint density at radius 2 is 1.89 bits per heavy atom. The molecule has 0 aromatic rings. The highest BCUT2D eigenvalue weighted by molar-refractivity contribution is 5.68. The molecule has 2 fully saturated rings. The molecule has 2 rings (SSSR count). The summed E-state index contributed by atoms with van der Waals surface area (Å²) in [6, 6.07) is 0. The van der Waals surface area contributed by atoms with Crippen LogP contribution in [-0.4, -0.2) is 35.9 Å². The lowest BCUT2D eigenvalue weighted by atomic mass is 9.76. The van der Waals surface area contributed by atoms with E-state index in [9.17, 15) is 9.18 Å². The molecule has 0 aromatic carbocycles. The summed E-state index contributed by atoms with van der Waals surface area (Å²) in [7, 11) is 0. The van der Waals surface area contributed by atoms with E-state index in [2.05, 4.69) is 0 Å². The maximum atomic E-state index is 13.9.